The van der Waals surface area contributed by atoms with Crippen molar-refractivity contribution in [2.45, 2.75) is 25.8 Å². The minimum atomic E-state index is -0.819. The summed E-state index contributed by atoms with van der Waals surface area (Å²) < 4.78 is 0. The monoisotopic (exact) mass is 195 g/mol. The molecule has 0 fully saturated rings. The van der Waals surface area contributed by atoms with Crippen LogP contribution in [-0.4, -0.2) is 27.1 Å². The van der Waals surface area contributed by atoms with Crippen LogP contribution in [0.1, 0.15) is 19.8 Å². The van der Waals surface area contributed by atoms with Crippen molar-refractivity contribution in [3.63, 3.8) is 0 Å². The number of carboxylic acids is 1. The molecule has 0 amide bonds. The molecule has 0 radical (unpaired) electrons. The van der Waals surface area contributed by atoms with Gasteiger partial charge in [0.15, 0.2) is 0 Å². The number of anilines is 1. The Bertz CT molecular complexity index is 289. The maximum atomic E-state index is 10.5. The van der Waals surface area contributed by atoms with Gasteiger partial charge in [-0.05, 0) is 12.5 Å². The molecule has 1 aromatic heterocycles. The lowest BCUT2D eigenvalue weighted by atomic mass is 10.1. The normalized spacial score (nSPS) is 12.1. The second kappa shape index (κ2) is 5.16. The van der Waals surface area contributed by atoms with Crippen molar-refractivity contribution in [1.82, 2.24) is 9.97 Å². The quantitative estimate of drug-likeness (QED) is 0.736. The van der Waals surface area contributed by atoms with Gasteiger partial charge in [0, 0.05) is 18.4 Å². The van der Waals surface area contributed by atoms with E-state index in [1.807, 2.05) is 6.92 Å². The lowest BCUT2D eigenvalue weighted by Gasteiger charge is -2.13. The number of hydrogen-bond acceptors (Lipinski definition) is 4. The fourth-order valence-corrected chi connectivity index (χ4v) is 1.06. The van der Waals surface area contributed by atoms with Gasteiger partial charge < -0.3 is 10.4 Å². The van der Waals surface area contributed by atoms with Gasteiger partial charge in [0.2, 0.25) is 5.95 Å². The number of carboxylic acid groups (broad SMARTS) is 1. The average Bonchev–Trinajstić information content (AvgIpc) is 2.17. The van der Waals surface area contributed by atoms with Crippen LogP contribution in [0.4, 0.5) is 5.95 Å². The van der Waals surface area contributed by atoms with E-state index in [9.17, 15) is 4.79 Å². The summed E-state index contributed by atoms with van der Waals surface area (Å²) in [4.78, 5) is 18.4. The predicted molar refractivity (Wildman–Crippen MR) is 52.0 cm³/mol. The lowest BCUT2D eigenvalue weighted by molar-refractivity contribution is -0.137. The van der Waals surface area contributed by atoms with Gasteiger partial charge in [-0.1, -0.05) is 6.92 Å². The highest BCUT2D eigenvalue weighted by molar-refractivity contribution is 5.68. The summed E-state index contributed by atoms with van der Waals surface area (Å²) >= 11 is 0. The summed E-state index contributed by atoms with van der Waals surface area (Å²) in [6.07, 6.45) is 4.03. The van der Waals surface area contributed by atoms with Crippen LogP contribution < -0.4 is 5.32 Å². The molecular weight excluding hydrogens is 182 g/mol. The van der Waals surface area contributed by atoms with Crippen LogP contribution in [0.15, 0.2) is 18.5 Å². The van der Waals surface area contributed by atoms with E-state index in [1.165, 1.54) is 0 Å². The van der Waals surface area contributed by atoms with Crippen LogP contribution >= 0.6 is 0 Å². The van der Waals surface area contributed by atoms with Crippen LogP contribution in [-0.2, 0) is 4.79 Å². The van der Waals surface area contributed by atoms with Crippen molar-refractivity contribution in [1.29, 1.82) is 0 Å². The molecule has 0 bridgehead atoms. The molecule has 1 rings (SSSR count). The molecule has 0 aliphatic carbocycles. The molecule has 76 valence electrons. The molecule has 0 saturated heterocycles. The first-order valence-electron chi connectivity index (χ1n) is 4.47. The maximum absolute atomic E-state index is 10.5. The van der Waals surface area contributed by atoms with E-state index in [0.717, 1.165) is 6.42 Å². The second-order valence-electron chi connectivity index (χ2n) is 2.92. The predicted octanol–water partition coefficient (Wildman–Crippen LogP) is 1.14. The Morgan fingerprint density at radius 3 is 2.71 bits per heavy atom. The van der Waals surface area contributed by atoms with E-state index in [4.69, 9.17) is 5.11 Å². The Morgan fingerprint density at radius 1 is 1.57 bits per heavy atom. The third kappa shape index (κ3) is 3.38. The second-order valence-corrected chi connectivity index (χ2v) is 2.92. The zero-order chi connectivity index (χ0) is 10.4. The first-order chi connectivity index (χ1) is 6.72. The zero-order valence-electron chi connectivity index (χ0n) is 7.97. The SMILES string of the molecule is CCC(CC(=O)O)Nc1ncccn1. The molecule has 1 unspecified atom stereocenters. The number of rotatable bonds is 5. The van der Waals surface area contributed by atoms with E-state index >= 15 is 0 Å². The Hall–Kier alpha value is -1.65. The van der Waals surface area contributed by atoms with Crippen molar-refractivity contribution < 1.29 is 9.90 Å². The van der Waals surface area contributed by atoms with Crippen molar-refractivity contribution in [2.24, 2.45) is 0 Å². The molecule has 5 heteroatoms. The first kappa shape index (κ1) is 10.4. The molecule has 0 aromatic carbocycles. The summed E-state index contributed by atoms with van der Waals surface area (Å²) in [7, 11) is 0. The molecule has 1 heterocycles. The largest absolute Gasteiger partial charge is 0.481 e. The molecule has 1 atom stereocenters. The molecule has 0 spiro atoms. The average molecular weight is 195 g/mol. The molecule has 14 heavy (non-hydrogen) atoms. The fourth-order valence-electron chi connectivity index (χ4n) is 1.06. The van der Waals surface area contributed by atoms with Gasteiger partial charge in [0.1, 0.15) is 0 Å². The number of hydrogen-bond donors (Lipinski definition) is 2. The smallest absolute Gasteiger partial charge is 0.305 e. The van der Waals surface area contributed by atoms with E-state index in [-0.39, 0.29) is 12.5 Å². The molecule has 2 N–H and O–H groups in total. The topological polar surface area (TPSA) is 75.1 Å². The van der Waals surface area contributed by atoms with Crippen molar-refractivity contribution in [3.8, 4) is 0 Å². The minimum absolute atomic E-state index is 0.0781. The van der Waals surface area contributed by atoms with Gasteiger partial charge in [0.25, 0.3) is 0 Å². The van der Waals surface area contributed by atoms with E-state index in [2.05, 4.69) is 15.3 Å². The first-order valence-corrected chi connectivity index (χ1v) is 4.47. The summed E-state index contributed by atoms with van der Waals surface area (Å²) in [5, 5.41) is 11.6. The molecule has 0 saturated carbocycles. The van der Waals surface area contributed by atoms with Crippen molar-refractivity contribution >= 4 is 11.9 Å². The van der Waals surface area contributed by atoms with Crippen LogP contribution in [0.5, 0.6) is 0 Å². The molecule has 1 aromatic rings. The van der Waals surface area contributed by atoms with Gasteiger partial charge in [-0.25, -0.2) is 9.97 Å². The van der Waals surface area contributed by atoms with Gasteiger partial charge in [-0.15, -0.1) is 0 Å². The maximum Gasteiger partial charge on any atom is 0.305 e. The summed E-state index contributed by atoms with van der Waals surface area (Å²) in [6, 6.07) is 1.60. The number of nitrogens with one attached hydrogen (secondary N) is 1. The van der Waals surface area contributed by atoms with Gasteiger partial charge in [0.05, 0.1) is 6.42 Å². The number of aromatic nitrogens is 2. The Labute approximate surface area is 82.2 Å². The minimum Gasteiger partial charge on any atom is -0.481 e. The Kier molecular flexibility index (Phi) is 3.84. The number of aliphatic carboxylic acids is 1. The van der Waals surface area contributed by atoms with E-state index in [0.29, 0.717) is 5.95 Å². The van der Waals surface area contributed by atoms with Crippen LogP contribution in [0.2, 0.25) is 0 Å². The molecular formula is C9H13N3O2. The Balaban J connectivity index is 2.53. The lowest BCUT2D eigenvalue weighted by Crippen LogP contribution is -2.23. The van der Waals surface area contributed by atoms with Crippen LogP contribution in [0, 0.1) is 0 Å². The van der Waals surface area contributed by atoms with Gasteiger partial charge in [-0.3, -0.25) is 4.79 Å². The Morgan fingerprint density at radius 2 is 2.21 bits per heavy atom. The number of carbonyl (C=O) groups is 1. The zero-order valence-corrected chi connectivity index (χ0v) is 7.97. The highest BCUT2D eigenvalue weighted by Gasteiger charge is 2.11. The van der Waals surface area contributed by atoms with Crippen molar-refractivity contribution in [2.75, 3.05) is 5.32 Å². The van der Waals surface area contributed by atoms with Crippen LogP contribution in [0.3, 0.4) is 0 Å². The highest BCUT2D eigenvalue weighted by Crippen LogP contribution is 2.05. The van der Waals surface area contributed by atoms with Crippen LogP contribution in [0.25, 0.3) is 0 Å². The third-order valence-electron chi connectivity index (χ3n) is 1.81. The van der Waals surface area contributed by atoms with Gasteiger partial charge in [-0.2, -0.15) is 0 Å². The molecule has 5 nitrogen and oxygen atoms in total. The molecule has 0 aliphatic rings. The number of nitrogens with zero attached hydrogens (tertiary/aromatic N) is 2. The standard InChI is InChI=1S/C9H13N3O2/c1-2-7(6-8(13)14)12-9-10-4-3-5-11-9/h3-5,7H,2,6H2,1H3,(H,13,14)(H,10,11,12). The third-order valence-corrected chi connectivity index (χ3v) is 1.81. The summed E-state index contributed by atoms with van der Waals surface area (Å²) in [5.74, 6) is -0.346. The summed E-state index contributed by atoms with van der Waals surface area (Å²) in [6.45, 7) is 1.92. The van der Waals surface area contributed by atoms with Crippen molar-refractivity contribution in [3.05, 3.63) is 18.5 Å². The van der Waals surface area contributed by atoms with Gasteiger partial charge >= 0.3 is 5.97 Å². The molecule has 0 aliphatic heterocycles. The van der Waals surface area contributed by atoms with E-state index < -0.39 is 5.97 Å². The highest BCUT2D eigenvalue weighted by atomic mass is 16.4. The fraction of sp³-hybridized carbons (Fsp3) is 0.444. The summed E-state index contributed by atoms with van der Waals surface area (Å²) in [5.41, 5.74) is 0. The van der Waals surface area contributed by atoms with E-state index in [1.54, 1.807) is 18.5 Å².